The molecule has 2 N–H and O–H groups in total. The van der Waals surface area contributed by atoms with Crippen LogP contribution in [0.2, 0.25) is 0 Å². The standard InChI is InChI=1S/C20H23N3O3/c1-13-9-16(19(24)25)12-23(11-13)20(26)22-17-3-4-18(14(2)10-17)15-5-7-21-8-6-15/h3-8,10,13,16H,9,11-12H2,1-2H3,(H,22,26)(H,24,25). The van der Waals surface area contributed by atoms with Crippen LogP contribution in [0.25, 0.3) is 11.1 Å². The summed E-state index contributed by atoms with van der Waals surface area (Å²) in [5.74, 6) is -1.17. The first-order valence-corrected chi connectivity index (χ1v) is 8.74. The number of anilines is 1. The molecule has 0 radical (unpaired) electrons. The smallest absolute Gasteiger partial charge is 0.321 e. The van der Waals surface area contributed by atoms with Crippen LogP contribution in [0, 0.1) is 18.8 Å². The van der Waals surface area contributed by atoms with Crippen LogP contribution < -0.4 is 5.32 Å². The number of amides is 2. The number of hydrogen-bond acceptors (Lipinski definition) is 3. The van der Waals surface area contributed by atoms with Crippen molar-refractivity contribution in [3.05, 3.63) is 48.3 Å². The molecule has 6 heteroatoms. The summed E-state index contributed by atoms with van der Waals surface area (Å²) in [6, 6.07) is 9.40. The van der Waals surface area contributed by atoms with Gasteiger partial charge in [-0.25, -0.2) is 4.79 Å². The molecule has 26 heavy (non-hydrogen) atoms. The average Bonchev–Trinajstić information content (AvgIpc) is 2.62. The van der Waals surface area contributed by atoms with E-state index < -0.39 is 11.9 Å². The minimum absolute atomic E-state index is 0.173. The van der Waals surface area contributed by atoms with Crippen LogP contribution in [-0.4, -0.2) is 40.1 Å². The summed E-state index contributed by atoms with van der Waals surface area (Å²) in [7, 11) is 0. The molecular weight excluding hydrogens is 330 g/mol. The topological polar surface area (TPSA) is 82.5 Å². The minimum Gasteiger partial charge on any atom is -0.481 e. The van der Waals surface area contributed by atoms with Crippen molar-refractivity contribution in [3.63, 3.8) is 0 Å². The second kappa shape index (κ2) is 7.56. The number of rotatable bonds is 3. The number of nitrogens with one attached hydrogen (secondary N) is 1. The third-order valence-corrected chi connectivity index (χ3v) is 4.77. The van der Waals surface area contributed by atoms with E-state index in [1.807, 2.05) is 44.2 Å². The lowest BCUT2D eigenvalue weighted by Crippen LogP contribution is -2.47. The van der Waals surface area contributed by atoms with Crippen molar-refractivity contribution in [1.82, 2.24) is 9.88 Å². The van der Waals surface area contributed by atoms with Gasteiger partial charge in [0.25, 0.3) is 0 Å². The highest BCUT2D eigenvalue weighted by molar-refractivity contribution is 5.90. The van der Waals surface area contributed by atoms with Gasteiger partial charge in [0.05, 0.1) is 5.92 Å². The van der Waals surface area contributed by atoms with Crippen molar-refractivity contribution in [3.8, 4) is 11.1 Å². The van der Waals surface area contributed by atoms with Crippen molar-refractivity contribution in [2.75, 3.05) is 18.4 Å². The van der Waals surface area contributed by atoms with Crippen LogP contribution >= 0.6 is 0 Å². The van der Waals surface area contributed by atoms with Crippen LogP contribution in [0.1, 0.15) is 18.9 Å². The average molecular weight is 353 g/mol. The molecule has 2 heterocycles. The van der Waals surface area contributed by atoms with E-state index in [1.54, 1.807) is 17.3 Å². The maximum atomic E-state index is 12.6. The number of carbonyl (C=O) groups is 2. The number of piperidine rings is 1. The Balaban J connectivity index is 1.71. The molecule has 1 aromatic carbocycles. The Hall–Kier alpha value is -2.89. The van der Waals surface area contributed by atoms with E-state index >= 15 is 0 Å². The van der Waals surface area contributed by atoms with E-state index in [1.165, 1.54) is 0 Å². The molecule has 2 unspecified atom stereocenters. The molecular formula is C20H23N3O3. The normalized spacial score (nSPS) is 19.8. The van der Waals surface area contributed by atoms with Crippen LogP contribution in [0.15, 0.2) is 42.7 Å². The van der Waals surface area contributed by atoms with E-state index in [0.29, 0.717) is 18.7 Å². The van der Waals surface area contributed by atoms with Crippen LogP contribution in [0.4, 0.5) is 10.5 Å². The predicted octanol–water partition coefficient (Wildman–Crippen LogP) is 3.63. The summed E-state index contributed by atoms with van der Waals surface area (Å²) in [4.78, 5) is 29.5. The Morgan fingerprint density at radius 3 is 2.58 bits per heavy atom. The second-order valence-electron chi connectivity index (χ2n) is 6.98. The number of benzene rings is 1. The summed E-state index contributed by atoms with van der Waals surface area (Å²) >= 11 is 0. The molecule has 0 spiro atoms. The first kappa shape index (κ1) is 17.9. The number of pyridine rings is 1. The van der Waals surface area contributed by atoms with Gasteiger partial charge in [0.1, 0.15) is 0 Å². The fourth-order valence-corrected chi connectivity index (χ4v) is 3.50. The molecule has 2 aromatic rings. The number of likely N-dealkylation sites (tertiary alicyclic amines) is 1. The number of nitrogens with zero attached hydrogens (tertiary/aromatic N) is 2. The third-order valence-electron chi connectivity index (χ3n) is 4.77. The third kappa shape index (κ3) is 4.02. The molecule has 3 rings (SSSR count). The summed E-state index contributed by atoms with van der Waals surface area (Å²) in [5, 5.41) is 12.2. The van der Waals surface area contributed by atoms with Crippen molar-refractivity contribution >= 4 is 17.7 Å². The number of carboxylic acids is 1. The zero-order chi connectivity index (χ0) is 18.7. The molecule has 2 amide bonds. The lowest BCUT2D eigenvalue weighted by Gasteiger charge is -2.34. The van der Waals surface area contributed by atoms with Crippen molar-refractivity contribution in [2.45, 2.75) is 20.3 Å². The Morgan fingerprint density at radius 2 is 1.92 bits per heavy atom. The molecule has 1 aromatic heterocycles. The van der Waals surface area contributed by atoms with Crippen molar-refractivity contribution < 1.29 is 14.7 Å². The van der Waals surface area contributed by atoms with Crippen molar-refractivity contribution in [2.24, 2.45) is 11.8 Å². The Bertz CT molecular complexity index is 807. The zero-order valence-electron chi connectivity index (χ0n) is 15.0. The van der Waals surface area contributed by atoms with Crippen LogP contribution in [0.5, 0.6) is 0 Å². The number of aliphatic carboxylic acids is 1. The number of urea groups is 1. The fraction of sp³-hybridized carbons (Fsp3) is 0.350. The van der Waals surface area contributed by atoms with E-state index in [-0.39, 0.29) is 18.5 Å². The first-order valence-electron chi connectivity index (χ1n) is 8.74. The Labute approximate surface area is 152 Å². The maximum Gasteiger partial charge on any atom is 0.321 e. The number of carbonyl (C=O) groups excluding carboxylic acids is 1. The minimum atomic E-state index is -0.841. The highest BCUT2D eigenvalue weighted by Gasteiger charge is 2.31. The highest BCUT2D eigenvalue weighted by atomic mass is 16.4. The molecule has 136 valence electrons. The summed E-state index contributed by atoms with van der Waals surface area (Å²) < 4.78 is 0. The fourth-order valence-electron chi connectivity index (χ4n) is 3.50. The Morgan fingerprint density at radius 1 is 1.19 bits per heavy atom. The number of carboxylic acid groups (broad SMARTS) is 1. The van der Waals surface area contributed by atoms with Gasteiger partial charge in [-0.2, -0.15) is 0 Å². The Kier molecular flexibility index (Phi) is 5.21. The van der Waals surface area contributed by atoms with Crippen LogP contribution in [0.3, 0.4) is 0 Å². The molecule has 1 aliphatic rings. The number of aromatic nitrogens is 1. The largest absolute Gasteiger partial charge is 0.481 e. The predicted molar refractivity (Wildman–Crippen MR) is 99.9 cm³/mol. The maximum absolute atomic E-state index is 12.6. The first-order chi connectivity index (χ1) is 12.4. The van der Waals surface area contributed by atoms with Gasteiger partial charge in [-0.1, -0.05) is 13.0 Å². The van der Waals surface area contributed by atoms with Gasteiger partial charge < -0.3 is 15.3 Å². The number of hydrogen-bond donors (Lipinski definition) is 2. The van der Waals surface area contributed by atoms with E-state index in [2.05, 4.69) is 10.3 Å². The zero-order valence-corrected chi connectivity index (χ0v) is 15.0. The van der Waals surface area contributed by atoms with E-state index in [0.717, 1.165) is 16.7 Å². The van der Waals surface area contributed by atoms with Gasteiger partial charge in [-0.15, -0.1) is 0 Å². The SMILES string of the molecule is Cc1cc(NC(=O)N2CC(C)CC(C(=O)O)C2)ccc1-c1ccncc1. The molecule has 1 aliphatic heterocycles. The highest BCUT2D eigenvalue weighted by Crippen LogP contribution is 2.26. The molecule has 6 nitrogen and oxygen atoms in total. The molecule has 2 atom stereocenters. The van der Waals surface area contributed by atoms with Gasteiger partial charge in [-0.05, 0) is 60.2 Å². The van der Waals surface area contributed by atoms with Crippen LogP contribution in [-0.2, 0) is 4.79 Å². The lowest BCUT2D eigenvalue weighted by atomic mass is 9.91. The lowest BCUT2D eigenvalue weighted by molar-refractivity contribution is -0.143. The summed E-state index contributed by atoms with van der Waals surface area (Å²) in [6.07, 6.45) is 4.11. The molecule has 1 fully saturated rings. The van der Waals surface area contributed by atoms with Crippen molar-refractivity contribution in [1.29, 1.82) is 0 Å². The quantitative estimate of drug-likeness (QED) is 0.883. The van der Waals surface area contributed by atoms with Gasteiger partial charge >= 0.3 is 12.0 Å². The van der Waals surface area contributed by atoms with E-state index in [9.17, 15) is 14.7 Å². The monoisotopic (exact) mass is 353 g/mol. The van der Waals surface area contributed by atoms with Gasteiger partial charge in [0.2, 0.25) is 0 Å². The van der Waals surface area contributed by atoms with Gasteiger partial charge in [0, 0.05) is 31.2 Å². The van der Waals surface area contributed by atoms with E-state index in [4.69, 9.17) is 0 Å². The second-order valence-corrected chi connectivity index (χ2v) is 6.98. The summed E-state index contributed by atoms with van der Waals surface area (Å²) in [5.41, 5.74) is 3.91. The van der Waals surface area contributed by atoms with Gasteiger partial charge in [-0.3, -0.25) is 9.78 Å². The van der Waals surface area contributed by atoms with Gasteiger partial charge in [0.15, 0.2) is 0 Å². The molecule has 1 saturated heterocycles. The number of aryl methyl sites for hydroxylation is 1. The molecule has 0 aliphatic carbocycles. The molecule has 0 saturated carbocycles. The summed E-state index contributed by atoms with van der Waals surface area (Å²) in [6.45, 7) is 4.79. The molecule has 0 bridgehead atoms.